The van der Waals surface area contributed by atoms with Crippen LogP contribution >= 0.6 is 0 Å². The number of carbonyl (C=O) groups excluding carboxylic acids is 1. The monoisotopic (exact) mass is 293 g/mol. The molecule has 0 aromatic heterocycles. The van der Waals surface area contributed by atoms with Crippen molar-refractivity contribution in [3.63, 3.8) is 0 Å². The maximum atomic E-state index is 12.3. The van der Waals surface area contributed by atoms with E-state index in [2.05, 4.69) is 5.32 Å². The summed E-state index contributed by atoms with van der Waals surface area (Å²) in [5, 5.41) is 14.0. The summed E-state index contributed by atoms with van der Waals surface area (Å²) >= 11 is 0. The number of nitrogens with zero attached hydrogens (tertiary/aromatic N) is 1. The maximum absolute atomic E-state index is 12.3. The van der Waals surface area contributed by atoms with E-state index >= 15 is 0 Å². The van der Waals surface area contributed by atoms with Crippen LogP contribution in [-0.4, -0.2) is 22.9 Å². The fourth-order valence-corrected chi connectivity index (χ4v) is 2.25. The third-order valence-electron chi connectivity index (χ3n) is 4.05. The van der Waals surface area contributed by atoms with Crippen LogP contribution in [0.15, 0.2) is 18.2 Å². The van der Waals surface area contributed by atoms with E-state index in [-0.39, 0.29) is 11.6 Å². The van der Waals surface area contributed by atoms with Crippen molar-refractivity contribution in [3.8, 4) is 0 Å². The average Bonchev–Trinajstić information content (AvgIpc) is 2.51. The van der Waals surface area contributed by atoms with Gasteiger partial charge in [0.05, 0.1) is 10.5 Å². The Hall–Kier alpha value is -1.95. The van der Waals surface area contributed by atoms with Gasteiger partial charge in [-0.3, -0.25) is 14.9 Å². The van der Waals surface area contributed by atoms with Crippen LogP contribution in [0.2, 0.25) is 0 Å². The van der Waals surface area contributed by atoms with Crippen LogP contribution in [0.4, 0.5) is 5.69 Å². The number of hydrogen-bond donors (Lipinski definition) is 2. The normalized spacial score (nSPS) is 11.2. The first-order valence-electron chi connectivity index (χ1n) is 7.22. The zero-order valence-corrected chi connectivity index (χ0v) is 12.8. The summed E-state index contributed by atoms with van der Waals surface area (Å²) in [6, 6.07) is 4.59. The van der Waals surface area contributed by atoms with Crippen molar-refractivity contribution in [2.45, 2.75) is 45.6 Å². The molecule has 0 atom stereocenters. The van der Waals surface area contributed by atoms with Gasteiger partial charge in [0.15, 0.2) is 0 Å². The Bertz CT molecular complexity index is 517. The van der Waals surface area contributed by atoms with Crippen LogP contribution in [-0.2, 0) is 6.42 Å². The molecule has 0 fully saturated rings. The minimum Gasteiger partial charge on any atom is -0.345 e. The molecule has 21 heavy (non-hydrogen) atoms. The number of rotatable bonds is 7. The van der Waals surface area contributed by atoms with Crippen LogP contribution in [0.1, 0.15) is 49.5 Å². The Morgan fingerprint density at radius 2 is 1.95 bits per heavy atom. The second-order valence-corrected chi connectivity index (χ2v) is 5.10. The van der Waals surface area contributed by atoms with Crippen LogP contribution in [0.5, 0.6) is 0 Å². The van der Waals surface area contributed by atoms with Crippen LogP contribution in [0, 0.1) is 10.1 Å². The second kappa shape index (κ2) is 7.17. The van der Waals surface area contributed by atoms with E-state index in [0.717, 1.165) is 0 Å². The van der Waals surface area contributed by atoms with Crippen molar-refractivity contribution in [1.82, 2.24) is 5.32 Å². The average molecular weight is 293 g/mol. The lowest BCUT2D eigenvalue weighted by Gasteiger charge is -2.31. The number of nitrogens with two attached hydrogens (primary N) is 1. The number of nitrogens with one attached hydrogen (secondary N) is 1. The standard InChI is InChI=1S/C15H23N3O3/c1-4-11-7-8-12(9-13(11)18(20)21)14(19)17-15(5-2,6-3)10-16/h7-9H,4-6,10,16H2,1-3H3,(H,17,19). The number of hydrogen-bond acceptors (Lipinski definition) is 4. The zero-order valence-electron chi connectivity index (χ0n) is 12.8. The zero-order chi connectivity index (χ0) is 16.0. The SMILES string of the molecule is CCc1ccc(C(=O)NC(CC)(CC)CN)cc1[N+](=O)[O-]. The van der Waals surface area contributed by atoms with Crippen molar-refractivity contribution >= 4 is 11.6 Å². The van der Waals surface area contributed by atoms with Crippen molar-refractivity contribution in [3.05, 3.63) is 39.4 Å². The predicted octanol–water partition coefficient (Wildman–Crippen LogP) is 2.40. The van der Waals surface area contributed by atoms with Gasteiger partial charge in [-0.25, -0.2) is 0 Å². The topological polar surface area (TPSA) is 98.3 Å². The van der Waals surface area contributed by atoms with E-state index in [1.165, 1.54) is 6.07 Å². The van der Waals surface area contributed by atoms with Gasteiger partial charge in [-0.05, 0) is 25.3 Å². The van der Waals surface area contributed by atoms with Crippen molar-refractivity contribution in [1.29, 1.82) is 0 Å². The minimum atomic E-state index is -0.463. The molecular formula is C15H23N3O3. The molecule has 3 N–H and O–H groups in total. The molecule has 1 aromatic rings. The number of benzene rings is 1. The van der Waals surface area contributed by atoms with Gasteiger partial charge in [0.2, 0.25) is 0 Å². The quantitative estimate of drug-likeness (QED) is 0.595. The highest BCUT2D eigenvalue weighted by atomic mass is 16.6. The molecule has 0 radical (unpaired) electrons. The summed E-state index contributed by atoms with van der Waals surface area (Å²) < 4.78 is 0. The number of amides is 1. The first-order valence-corrected chi connectivity index (χ1v) is 7.22. The van der Waals surface area contributed by atoms with Gasteiger partial charge >= 0.3 is 0 Å². The molecule has 0 bridgehead atoms. The molecule has 0 spiro atoms. The summed E-state index contributed by atoms with van der Waals surface area (Å²) in [6.45, 7) is 6.09. The Morgan fingerprint density at radius 3 is 2.38 bits per heavy atom. The highest BCUT2D eigenvalue weighted by Gasteiger charge is 2.27. The largest absolute Gasteiger partial charge is 0.345 e. The van der Waals surface area contributed by atoms with E-state index < -0.39 is 10.5 Å². The molecule has 0 unspecified atom stereocenters. The first-order chi connectivity index (χ1) is 9.92. The maximum Gasteiger partial charge on any atom is 0.273 e. The molecule has 1 aromatic carbocycles. The van der Waals surface area contributed by atoms with Crippen molar-refractivity contribution < 1.29 is 9.72 Å². The van der Waals surface area contributed by atoms with Gasteiger partial charge in [-0.1, -0.05) is 26.8 Å². The summed E-state index contributed by atoms with van der Waals surface area (Å²) in [5.74, 6) is -0.324. The summed E-state index contributed by atoms with van der Waals surface area (Å²) in [4.78, 5) is 22.9. The highest BCUT2D eigenvalue weighted by Crippen LogP contribution is 2.22. The highest BCUT2D eigenvalue weighted by molar-refractivity contribution is 5.95. The molecule has 1 amide bonds. The summed E-state index contributed by atoms with van der Waals surface area (Å²) in [7, 11) is 0. The van der Waals surface area contributed by atoms with Crippen LogP contribution in [0.3, 0.4) is 0 Å². The number of nitro groups is 1. The van der Waals surface area contributed by atoms with Gasteiger partial charge in [0, 0.05) is 23.7 Å². The molecule has 0 heterocycles. The lowest BCUT2D eigenvalue weighted by Crippen LogP contribution is -2.52. The van der Waals surface area contributed by atoms with Gasteiger partial charge in [-0.2, -0.15) is 0 Å². The number of carbonyl (C=O) groups is 1. The van der Waals surface area contributed by atoms with E-state index in [9.17, 15) is 14.9 Å². The molecule has 0 saturated carbocycles. The molecular weight excluding hydrogens is 270 g/mol. The summed E-state index contributed by atoms with van der Waals surface area (Å²) in [5.41, 5.74) is 6.18. The van der Waals surface area contributed by atoms with Gasteiger partial charge < -0.3 is 11.1 Å². The number of nitro benzene ring substituents is 1. The van der Waals surface area contributed by atoms with E-state index in [1.807, 2.05) is 20.8 Å². The molecule has 1 rings (SSSR count). The Kier molecular flexibility index (Phi) is 5.84. The molecule has 116 valence electrons. The molecule has 0 aliphatic heterocycles. The Labute approximate surface area is 124 Å². The van der Waals surface area contributed by atoms with E-state index in [0.29, 0.717) is 36.9 Å². The predicted molar refractivity (Wildman–Crippen MR) is 82.3 cm³/mol. The lowest BCUT2D eigenvalue weighted by atomic mass is 9.92. The smallest absolute Gasteiger partial charge is 0.273 e. The van der Waals surface area contributed by atoms with Gasteiger partial charge in [0.25, 0.3) is 11.6 Å². The third-order valence-corrected chi connectivity index (χ3v) is 4.05. The Balaban J connectivity index is 3.08. The molecule has 6 nitrogen and oxygen atoms in total. The first kappa shape index (κ1) is 17.1. The van der Waals surface area contributed by atoms with Crippen LogP contribution in [0.25, 0.3) is 0 Å². The third kappa shape index (κ3) is 3.78. The molecule has 6 heteroatoms. The van der Waals surface area contributed by atoms with Gasteiger partial charge in [-0.15, -0.1) is 0 Å². The van der Waals surface area contributed by atoms with Crippen molar-refractivity contribution in [2.24, 2.45) is 5.73 Å². The fraction of sp³-hybridized carbons (Fsp3) is 0.533. The second-order valence-electron chi connectivity index (χ2n) is 5.10. The van der Waals surface area contributed by atoms with Crippen LogP contribution < -0.4 is 11.1 Å². The molecule has 0 saturated heterocycles. The van der Waals surface area contributed by atoms with Crippen molar-refractivity contribution in [2.75, 3.05) is 6.54 Å². The Morgan fingerprint density at radius 1 is 1.33 bits per heavy atom. The fourth-order valence-electron chi connectivity index (χ4n) is 2.25. The summed E-state index contributed by atoms with van der Waals surface area (Å²) in [6.07, 6.45) is 1.97. The van der Waals surface area contributed by atoms with E-state index in [1.54, 1.807) is 12.1 Å². The minimum absolute atomic E-state index is 0.0171. The number of aryl methyl sites for hydroxylation is 1. The van der Waals surface area contributed by atoms with E-state index in [4.69, 9.17) is 5.73 Å². The van der Waals surface area contributed by atoms with Gasteiger partial charge in [0.1, 0.15) is 0 Å². The lowest BCUT2D eigenvalue weighted by molar-refractivity contribution is -0.385. The molecule has 0 aliphatic rings. The molecule has 0 aliphatic carbocycles.